The van der Waals surface area contributed by atoms with Gasteiger partial charge in [-0.15, -0.1) is 0 Å². The summed E-state index contributed by atoms with van der Waals surface area (Å²) in [4.78, 5) is 0. The normalized spacial score (nSPS) is 11.1. The van der Waals surface area contributed by atoms with Gasteiger partial charge in [0.15, 0.2) is 0 Å². The van der Waals surface area contributed by atoms with Gasteiger partial charge in [-0.1, -0.05) is 43.1 Å². The molecule has 4 heteroatoms. The number of hydrogen-bond acceptors (Lipinski definition) is 1. The van der Waals surface area contributed by atoms with E-state index in [1.54, 1.807) is 6.07 Å². The molecule has 2 aromatic carbocycles. The van der Waals surface area contributed by atoms with Crippen LogP contribution in [-0.2, 0) is 6.54 Å². The summed E-state index contributed by atoms with van der Waals surface area (Å²) in [6.07, 6.45) is 0. The number of nitrogens with one attached hydrogen (secondary N) is 1. The van der Waals surface area contributed by atoms with E-state index in [9.17, 15) is 4.39 Å². The third-order valence-electron chi connectivity index (χ3n) is 2.99. The Morgan fingerprint density at radius 2 is 1.75 bits per heavy atom. The first kappa shape index (κ1) is 15.3. The molecule has 0 atom stereocenters. The third kappa shape index (κ3) is 3.72. The molecule has 0 spiro atoms. The van der Waals surface area contributed by atoms with Crippen molar-refractivity contribution in [2.45, 2.75) is 26.4 Å². The van der Waals surface area contributed by atoms with E-state index in [0.717, 1.165) is 16.7 Å². The molecule has 20 heavy (non-hydrogen) atoms. The Bertz CT molecular complexity index is 611. The lowest BCUT2D eigenvalue weighted by Gasteiger charge is -2.14. The maximum atomic E-state index is 13.2. The highest BCUT2D eigenvalue weighted by Crippen LogP contribution is 2.32. The summed E-state index contributed by atoms with van der Waals surface area (Å²) in [7, 11) is 0. The molecule has 2 rings (SSSR count). The predicted molar refractivity (Wildman–Crippen MR) is 83.8 cm³/mol. The van der Waals surface area contributed by atoms with Crippen LogP contribution in [0.4, 0.5) is 4.39 Å². The zero-order valence-electron chi connectivity index (χ0n) is 11.4. The summed E-state index contributed by atoms with van der Waals surface area (Å²) in [6.45, 7) is 4.84. The molecule has 0 aromatic heterocycles. The van der Waals surface area contributed by atoms with Crippen LogP contribution in [0.3, 0.4) is 0 Å². The third-order valence-corrected chi connectivity index (χ3v) is 3.54. The van der Waals surface area contributed by atoms with Crippen molar-refractivity contribution in [2.24, 2.45) is 0 Å². The molecule has 0 aliphatic rings. The van der Waals surface area contributed by atoms with Gasteiger partial charge in [-0.3, -0.25) is 0 Å². The van der Waals surface area contributed by atoms with Crippen LogP contribution in [-0.4, -0.2) is 6.04 Å². The van der Waals surface area contributed by atoms with Crippen molar-refractivity contribution < 1.29 is 4.39 Å². The molecule has 0 saturated heterocycles. The van der Waals surface area contributed by atoms with Crippen molar-refractivity contribution in [3.8, 4) is 11.1 Å². The molecule has 0 saturated carbocycles. The van der Waals surface area contributed by atoms with E-state index in [1.165, 1.54) is 12.1 Å². The number of rotatable bonds is 4. The number of halogens is 3. The fourth-order valence-corrected chi connectivity index (χ4v) is 2.46. The van der Waals surface area contributed by atoms with Crippen LogP contribution in [0.2, 0.25) is 10.0 Å². The lowest BCUT2D eigenvalue weighted by molar-refractivity contribution is 0.589. The van der Waals surface area contributed by atoms with Gasteiger partial charge in [0.05, 0.1) is 5.02 Å². The van der Waals surface area contributed by atoms with Crippen LogP contribution in [0.25, 0.3) is 11.1 Å². The molecular weight excluding hydrogens is 296 g/mol. The van der Waals surface area contributed by atoms with Gasteiger partial charge < -0.3 is 5.32 Å². The zero-order valence-corrected chi connectivity index (χ0v) is 12.9. The highest BCUT2D eigenvalue weighted by atomic mass is 35.5. The highest BCUT2D eigenvalue weighted by Gasteiger charge is 2.10. The summed E-state index contributed by atoms with van der Waals surface area (Å²) < 4.78 is 13.2. The highest BCUT2D eigenvalue weighted by molar-refractivity contribution is 6.33. The van der Waals surface area contributed by atoms with E-state index < -0.39 is 0 Å². The number of hydrogen-bond donors (Lipinski definition) is 1. The van der Waals surface area contributed by atoms with Crippen molar-refractivity contribution in [2.75, 3.05) is 0 Å². The Hall–Kier alpha value is -1.09. The van der Waals surface area contributed by atoms with Crippen LogP contribution in [0.15, 0.2) is 36.4 Å². The van der Waals surface area contributed by atoms with E-state index in [4.69, 9.17) is 23.2 Å². The first-order valence-electron chi connectivity index (χ1n) is 6.44. The van der Waals surface area contributed by atoms with Gasteiger partial charge in [0.25, 0.3) is 0 Å². The summed E-state index contributed by atoms with van der Waals surface area (Å²) in [5.41, 5.74) is 2.82. The molecule has 1 N–H and O–H groups in total. The Morgan fingerprint density at radius 1 is 1.05 bits per heavy atom. The molecule has 0 heterocycles. The molecule has 0 bridgehead atoms. The van der Waals surface area contributed by atoms with E-state index in [0.29, 0.717) is 22.6 Å². The average molecular weight is 312 g/mol. The summed E-state index contributed by atoms with van der Waals surface area (Å²) in [6, 6.07) is 10.4. The molecule has 0 unspecified atom stereocenters. The van der Waals surface area contributed by atoms with E-state index in [-0.39, 0.29) is 5.82 Å². The van der Waals surface area contributed by atoms with Gasteiger partial charge in [0.1, 0.15) is 5.82 Å². The summed E-state index contributed by atoms with van der Waals surface area (Å²) in [5.74, 6) is -0.338. The SMILES string of the molecule is CC(C)NCc1cc(Cl)ccc1-c1ccc(F)cc1Cl. The molecule has 0 radical (unpaired) electrons. The Balaban J connectivity index is 2.44. The molecule has 0 aliphatic carbocycles. The second-order valence-corrected chi connectivity index (χ2v) is 5.80. The van der Waals surface area contributed by atoms with E-state index in [2.05, 4.69) is 19.2 Å². The van der Waals surface area contributed by atoms with Gasteiger partial charge in [-0.25, -0.2) is 4.39 Å². The molecule has 0 amide bonds. The molecule has 0 fully saturated rings. The van der Waals surface area contributed by atoms with Crippen LogP contribution in [0.5, 0.6) is 0 Å². The first-order chi connectivity index (χ1) is 9.47. The van der Waals surface area contributed by atoms with Crippen LogP contribution >= 0.6 is 23.2 Å². The standard InChI is InChI=1S/C16H16Cl2FN/c1-10(2)20-9-11-7-12(17)3-5-14(11)15-6-4-13(19)8-16(15)18/h3-8,10,20H,9H2,1-2H3. The Kier molecular flexibility index (Phi) is 5.03. The van der Waals surface area contributed by atoms with Gasteiger partial charge in [0.2, 0.25) is 0 Å². The van der Waals surface area contributed by atoms with Crippen molar-refractivity contribution in [1.29, 1.82) is 0 Å². The fourth-order valence-electron chi connectivity index (χ4n) is 1.99. The van der Waals surface area contributed by atoms with Crippen molar-refractivity contribution in [3.63, 3.8) is 0 Å². The Morgan fingerprint density at radius 3 is 2.40 bits per heavy atom. The largest absolute Gasteiger partial charge is 0.310 e. The minimum absolute atomic E-state index is 0.338. The fraction of sp³-hybridized carbons (Fsp3) is 0.250. The average Bonchev–Trinajstić information content (AvgIpc) is 2.37. The lowest BCUT2D eigenvalue weighted by atomic mass is 9.99. The monoisotopic (exact) mass is 311 g/mol. The van der Waals surface area contributed by atoms with Gasteiger partial charge in [-0.05, 0) is 41.5 Å². The Labute approximate surface area is 128 Å². The van der Waals surface area contributed by atoms with E-state index >= 15 is 0 Å². The second kappa shape index (κ2) is 6.57. The smallest absolute Gasteiger partial charge is 0.124 e. The molecule has 1 nitrogen and oxygen atoms in total. The maximum Gasteiger partial charge on any atom is 0.124 e. The van der Waals surface area contributed by atoms with E-state index in [1.807, 2.05) is 18.2 Å². The molecule has 0 aliphatic heterocycles. The maximum absolute atomic E-state index is 13.2. The van der Waals surface area contributed by atoms with Crippen molar-refractivity contribution in [3.05, 3.63) is 57.8 Å². The molecule has 106 valence electrons. The lowest BCUT2D eigenvalue weighted by Crippen LogP contribution is -2.22. The van der Waals surface area contributed by atoms with Gasteiger partial charge in [0, 0.05) is 23.2 Å². The van der Waals surface area contributed by atoms with Crippen LogP contribution in [0.1, 0.15) is 19.4 Å². The zero-order chi connectivity index (χ0) is 14.7. The molecular formula is C16H16Cl2FN. The predicted octanol–water partition coefficient (Wildman–Crippen LogP) is 5.30. The molecule has 2 aromatic rings. The number of benzene rings is 2. The second-order valence-electron chi connectivity index (χ2n) is 4.96. The minimum atomic E-state index is -0.338. The van der Waals surface area contributed by atoms with Crippen LogP contribution < -0.4 is 5.32 Å². The summed E-state index contributed by atoms with van der Waals surface area (Å²) in [5, 5.41) is 4.43. The minimum Gasteiger partial charge on any atom is -0.310 e. The first-order valence-corrected chi connectivity index (χ1v) is 7.20. The van der Waals surface area contributed by atoms with Crippen molar-refractivity contribution in [1.82, 2.24) is 5.32 Å². The van der Waals surface area contributed by atoms with Gasteiger partial charge >= 0.3 is 0 Å². The quantitative estimate of drug-likeness (QED) is 0.808. The van der Waals surface area contributed by atoms with Gasteiger partial charge in [-0.2, -0.15) is 0 Å². The van der Waals surface area contributed by atoms with Crippen LogP contribution in [0, 0.1) is 5.82 Å². The van der Waals surface area contributed by atoms with Crippen molar-refractivity contribution >= 4 is 23.2 Å². The summed E-state index contributed by atoms with van der Waals surface area (Å²) >= 11 is 12.2. The topological polar surface area (TPSA) is 12.0 Å².